The molecule has 0 spiro atoms. The number of aromatic nitrogens is 1. The highest BCUT2D eigenvalue weighted by Gasteiger charge is 2.28. The summed E-state index contributed by atoms with van der Waals surface area (Å²) in [5.74, 6) is 0.828. The van der Waals surface area contributed by atoms with Gasteiger partial charge in [-0.15, -0.1) is 0 Å². The van der Waals surface area contributed by atoms with E-state index in [4.69, 9.17) is 13.8 Å². The molecule has 6 nitrogen and oxygen atoms in total. The summed E-state index contributed by atoms with van der Waals surface area (Å²) < 4.78 is 12.4. The lowest BCUT2D eigenvalue weighted by Gasteiger charge is -2.32. The molecule has 3 aromatic heterocycles. The topological polar surface area (TPSA) is 75.6 Å². The smallest absolute Gasteiger partial charge is 0.154 e. The fraction of sp³-hybridized carbons (Fsp3) is 0.0476. The molecule has 0 fully saturated rings. The Kier molecular flexibility index (Phi) is 5.98. The van der Waals surface area contributed by atoms with Crippen LogP contribution in [0.1, 0.15) is 29.0 Å². The van der Waals surface area contributed by atoms with Gasteiger partial charge in [0.1, 0.15) is 34.9 Å². The van der Waals surface area contributed by atoms with Crippen molar-refractivity contribution in [3.05, 3.63) is 163 Å². The first kappa shape index (κ1) is 26.9. The minimum Gasteiger partial charge on any atom is -0.456 e. The fourth-order valence-electron chi connectivity index (χ4n) is 7.26. The summed E-state index contributed by atoms with van der Waals surface area (Å²) in [5, 5.41) is 14.2. The number of fused-ring (bicyclic) bond motifs is 7. The van der Waals surface area contributed by atoms with Gasteiger partial charge in [-0.25, -0.2) is 4.99 Å². The van der Waals surface area contributed by atoms with Gasteiger partial charge >= 0.3 is 0 Å². The summed E-state index contributed by atoms with van der Waals surface area (Å²) >= 11 is 0. The number of nitrogens with one attached hydrogen (secondary N) is 2. The summed E-state index contributed by atoms with van der Waals surface area (Å²) in [4.78, 5) is 9.79. The molecule has 48 heavy (non-hydrogen) atoms. The molecule has 6 aromatic carbocycles. The van der Waals surface area contributed by atoms with E-state index in [2.05, 4.69) is 113 Å². The van der Waals surface area contributed by atoms with Crippen LogP contribution in [0.5, 0.6) is 0 Å². The quantitative estimate of drug-likeness (QED) is 0.205. The van der Waals surface area contributed by atoms with Crippen LogP contribution in [-0.4, -0.2) is 10.8 Å². The number of aliphatic imine (C=N–C) groups is 1. The molecule has 0 amide bonds. The molecule has 1 aliphatic heterocycles. The Morgan fingerprint density at radius 2 is 1.27 bits per heavy atom. The lowest BCUT2D eigenvalue weighted by Crippen LogP contribution is -2.45. The SMILES string of the molecule is c1ccc(C2N=C(c3ccc4c(-c5cncc6oc7ccccc7c56)cccc4c3)NC(c3cccc4oc5ccccc5c34)N2)cc1. The van der Waals surface area contributed by atoms with Crippen LogP contribution >= 0.6 is 0 Å². The first-order valence-electron chi connectivity index (χ1n) is 16.1. The predicted octanol–water partition coefficient (Wildman–Crippen LogP) is 10.0. The van der Waals surface area contributed by atoms with E-state index < -0.39 is 0 Å². The average Bonchev–Trinajstić information content (AvgIpc) is 3.73. The Morgan fingerprint density at radius 3 is 2.12 bits per heavy atom. The van der Waals surface area contributed by atoms with Crippen LogP contribution in [0.15, 0.2) is 160 Å². The minimum atomic E-state index is -0.249. The number of nitrogens with zero attached hydrogens (tertiary/aromatic N) is 2. The van der Waals surface area contributed by atoms with Gasteiger partial charge in [0.25, 0.3) is 0 Å². The molecule has 0 saturated carbocycles. The van der Waals surface area contributed by atoms with Crippen LogP contribution in [0.4, 0.5) is 0 Å². The Hall–Kier alpha value is -6.24. The van der Waals surface area contributed by atoms with Crippen molar-refractivity contribution in [2.75, 3.05) is 0 Å². The van der Waals surface area contributed by atoms with E-state index in [-0.39, 0.29) is 12.3 Å². The summed E-state index contributed by atoms with van der Waals surface area (Å²) in [7, 11) is 0. The van der Waals surface area contributed by atoms with Crippen molar-refractivity contribution in [2.24, 2.45) is 4.99 Å². The minimum absolute atomic E-state index is 0.215. The number of hydrogen-bond donors (Lipinski definition) is 2. The lowest BCUT2D eigenvalue weighted by atomic mass is 9.95. The van der Waals surface area contributed by atoms with Crippen molar-refractivity contribution >= 4 is 60.5 Å². The molecule has 2 unspecified atom stereocenters. The van der Waals surface area contributed by atoms with E-state index in [0.717, 1.165) is 88.3 Å². The molecule has 9 aromatic rings. The van der Waals surface area contributed by atoms with E-state index in [1.54, 1.807) is 6.20 Å². The monoisotopic (exact) mass is 620 g/mol. The third kappa shape index (κ3) is 4.24. The van der Waals surface area contributed by atoms with Crippen LogP contribution in [0.3, 0.4) is 0 Å². The van der Waals surface area contributed by atoms with Gasteiger partial charge in [0.2, 0.25) is 0 Å². The highest BCUT2D eigenvalue weighted by Crippen LogP contribution is 2.39. The lowest BCUT2D eigenvalue weighted by molar-refractivity contribution is 0.411. The first-order chi connectivity index (χ1) is 23.8. The predicted molar refractivity (Wildman–Crippen MR) is 193 cm³/mol. The number of amidine groups is 1. The van der Waals surface area contributed by atoms with Gasteiger partial charge < -0.3 is 14.2 Å². The molecule has 228 valence electrons. The highest BCUT2D eigenvalue weighted by molar-refractivity contribution is 6.15. The molecule has 0 aliphatic carbocycles. The van der Waals surface area contributed by atoms with E-state index in [1.165, 1.54) is 0 Å². The van der Waals surface area contributed by atoms with Crippen LogP contribution < -0.4 is 10.6 Å². The molecule has 2 atom stereocenters. The third-order valence-corrected chi connectivity index (χ3v) is 9.46. The van der Waals surface area contributed by atoms with Crippen LogP contribution in [0.25, 0.3) is 65.8 Å². The van der Waals surface area contributed by atoms with Gasteiger partial charge in [-0.2, -0.15) is 0 Å². The summed E-state index contributed by atoms with van der Waals surface area (Å²) in [5.41, 5.74) is 8.79. The van der Waals surface area contributed by atoms with Crippen molar-refractivity contribution in [3.8, 4) is 11.1 Å². The Balaban J connectivity index is 1.11. The van der Waals surface area contributed by atoms with Gasteiger partial charge in [0, 0.05) is 44.4 Å². The number of furan rings is 2. The van der Waals surface area contributed by atoms with Crippen LogP contribution in [0.2, 0.25) is 0 Å². The summed E-state index contributed by atoms with van der Waals surface area (Å²) in [6, 6.07) is 46.1. The van der Waals surface area contributed by atoms with Crippen LogP contribution in [-0.2, 0) is 0 Å². The average molecular weight is 621 g/mol. The molecular weight excluding hydrogens is 592 g/mol. The van der Waals surface area contributed by atoms with E-state index in [1.807, 2.05) is 42.6 Å². The zero-order chi connectivity index (χ0) is 31.6. The maximum Gasteiger partial charge on any atom is 0.154 e. The maximum atomic E-state index is 6.25. The zero-order valence-electron chi connectivity index (χ0n) is 25.7. The molecule has 6 heteroatoms. The van der Waals surface area contributed by atoms with Crippen molar-refractivity contribution in [2.45, 2.75) is 12.3 Å². The van der Waals surface area contributed by atoms with Gasteiger partial charge in [-0.05, 0) is 46.2 Å². The fourth-order valence-corrected chi connectivity index (χ4v) is 7.26. The Morgan fingerprint density at radius 1 is 0.542 bits per heavy atom. The number of para-hydroxylation sites is 2. The van der Waals surface area contributed by atoms with E-state index in [9.17, 15) is 0 Å². The summed E-state index contributed by atoms with van der Waals surface area (Å²) in [6.07, 6.45) is 3.28. The molecule has 2 N–H and O–H groups in total. The molecule has 0 bridgehead atoms. The van der Waals surface area contributed by atoms with E-state index in [0.29, 0.717) is 0 Å². The zero-order valence-corrected chi connectivity index (χ0v) is 25.7. The molecule has 0 radical (unpaired) electrons. The Labute approximate surface area is 275 Å². The second-order valence-corrected chi connectivity index (χ2v) is 12.3. The number of hydrogen-bond acceptors (Lipinski definition) is 6. The Bertz CT molecular complexity index is 2710. The van der Waals surface area contributed by atoms with Gasteiger partial charge in [-0.3, -0.25) is 10.3 Å². The standard InChI is InChI=1S/C42H28N4O2/c1-2-10-25(11-3-1)40-44-41(46-42(45-40)32-16-9-19-36-38(32)30-13-4-6-17-34(30)47-36)27-20-21-28-26(22-27)12-8-15-29(28)33-23-43-24-37-39(33)31-14-5-7-18-35(31)48-37/h1-24,40,42,45H,(H,44,46). The normalized spacial score (nSPS) is 16.5. The molecule has 0 saturated heterocycles. The van der Waals surface area contributed by atoms with Crippen molar-refractivity contribution in [3.63, 3.8) is 0 Å². The van der Waals surface area contributed by atoms with Crippen molar-refractivity contribution in [1.82, 2.24) is 15.6 Å². The van der Waals surface area contributed by atoms with Gasteiger partial charge in [0.15, 0.2) is 5.58 Å². The number of benzene rings is 6. The third-order valence-electron chi connectivity index (χ3n) is 9.46. The van der Waals surface area contributed by atoms with Crippen LogP contribution in [0, 0.1) is 0 Å². The molecule has 4 heterocycles. The largest absolute Gasteiger partial charge is 0.456 e. The van der Waals surface area contributed by atoms with Crippen molar-refractivity contribution in [1.29, 1.82) is 0 Å². The van der Waals surface area contributed by atoms with E-state index >= 15 is 0 Å². The maximum absolute atomic E-state index is 6.25. The highest BCUT2D eigenvalue weighted by atomic mass is 16.3. The second kappa shape index (κ2) is 10.7. The second-order valence-electron chi connectivity index (χ2n) is 12.3. The molecule has 1 aliphatic rings. The van der Waals surface area contributed by atoms with Gasteiger partial charge in [0.05, 0.1) is 6.20 Å². The number of pyridine rings is 1. The number of rotatable bonds is 4. The molecular formula is C42H28N4O2. The van der Waals surface area contributed by atoms with Crippen molar-refractivity contribution < 1.29 is 8.83 Å². The molecule has 10 rings (SSSR count). The first-order valence-corrected chi connectivity index (χ1v) is 16.1. The summed E-state index contributed by atoms with van der Waals surface area (Å²) in [6.45, 7) is 0. The van der Waals surface area contributed by atoms with Gasteiger partial charge in [-0.1, -0.05) is 109 Å².